The second kappa shape index (κ2) is 8.11. The van der Waals surface area contributed by atoms with Crippen LogP contribution in [0.5, 0.6) is 0 Å². The van der Waals surface area contributed by atoms with Gasteiger partial charge in [-0.2, -0.15) is 0 Å². The Morgan fingerprint density at radius 1 is 1.29 bits per heavy atom. The molecule has 0 radical (unpaired) electrons. The van der Waals surface area contributed by atoms with Crippen molar-refractivity contribution in [3.05, 3.63) is 29.8 Å². The fourth-order valence-electron chi connectivity index (χ4n) is 1.76. The van der Waals surface area contributed by atoms with Gasteiger partial charge in [-0.25, -0.2) is 13.1 Å². The summed E-state index contributed by atoms with van der Waals surface area (Å²) in [5.41, 5.74) is 0.405. The molecule has 3 N–H and O–H groups in total. The number of benzene rings is 1. The molecule has 0 saturated carbocycles. The number of carbonyl (C=O) groups is 1. The van der Waals surface area contributed by atoms with Gasteiger partial charge in [0.25, 0.3) is 5.91 Å². The molecule has 1 atom stereocenters. The summed E-state index contributed by atoms with van der Waals surface area (Å²) in [6, 6.07) is 5.77. The molecule has 6 nitrogen and oxygen atoms in total. The molecule has 0 spiro atoms. The molecular weight excluding hydrogens is 292 g/mol. The van der Waals surface area contributed by atoms with Crippen LogP contribution in [0.1, 0.15) is 37.0 Å². The fraction of sp³-hybridized carbons (Fsp3) is 0.500. The third kappa shape index (κ3) is 5.82. The molecule has 1 aromatic rings. The number of hydrogen-bond donors (Lipinski definition) is 3. The van der Waals surface area contributed by atoms with Crippen LogP contribution < -0.4 is 10.0 Å². The molecule has 0 heterocycles. The summed E-state index contributed by atoms with van der Waals surface area (Å²) in [5.74, 6) is -0.256. The van der Waals surface area contributed by atoms with Crippen molar-refractivity contribution in [1.82, 2.24) is 10.0 Å². The lowest BCUT2D eigenvalue weighted by Crippen LogP contribution is -2.25. The predicted octanol–water partition coefficient (Wildman–Crippen LogP) is 0.876. The minimum absolute atomic E-state index is 0.134. The van der Waals surface area contributed by atoms with E-state index in [1.165, 1.54) is 24.3 Å². The molecule has 0 aliphatic carbocycles. The summed E-state index contributed by atoms with van der Waals surface area (Å²) in [4.78, 5) is 12.0. The number of hydrogen-bond acceptors (Lipinski definition) is 4. The number of aliphatic hydroxyl groups is 1. The molecule has 0 aliphatic heterocycles. The second-order valence-corrected chi connectivity index (χ2v) is 6.54. The van der Waals surface area contributed by atoms with Gasteiger partial charge < -0.3 is 10.4 Å². The molecule has 0 aromatic heterocycles. The third-order valence-electron chi connectivity index (χ3n) is 2.85. The van der Waals surface area contributed by atoms with Crippen LogP contribution in [-0.2, 0) is 10.0 Å². The Bertz CT molecular complexity index is 553. The van der Waals surface area contributed by atoms with E-state index >= 15 is 0 Å². The highest BCUT2D eigenvalue weighted by Crippen LogP contribution is 2.10. The van der Waals surface area contributed by atoms with Crippen LogP contribution in [0.4, 0.5) is 0 Å². The number of sulfonamides is 1. The van der Waals surface area contributed by atoms with E-state index in [0.29, 0.717) is 31.5 Å². The van der Waals surface area contributed by atoms with Crippen molar-refractivity contribution in [3.63, 3.8) is 0 Å². The Morgan fingerprint density at radius 2 is 1.90 bits per heavy atom. The Hall–Kier alpha value is -1.44. The first-order valence-electron chi connectivity index (χ1n) is 6.93. The van der Waals surface area contributed by atoms with Gasteiger partial charge in [0.05, 0.1) is 11.0 Å². The van der Waals surface area contributed by atoms with Crippen molar-refractivity contribution >= 4 is 15.9 Å². The average molecular weight is 314 g/mol. The van der Waals surface area contributed by atoms with Gasteiger partial charge in [-0.1, -0.05) is 6.92 Å². The van der Waals surface area contributed by atoms with Gasteiger partial charge in [-0.3, -0.25) is 4.79 Å². The van der Waals surface area contributed by atoms with E-state index in [0.717, 1.165) is 0 Å². The highest BCUT2D eigenvalue weighted by Gasteiger charge is 2.13. The van der Waals surface area contributed by atoms with E-state index in [2.05, 4.69) is 10.0 Å². The van der Waals surface area contributed by atoms with Crippen molar-refractivity contribution in [1.29, 1.82) is 0 Å². The predicted molar refractivity (Wildman–Crippen MR) is 80.6 cm³/mol. The molecule has 0 fully saturated rings. The van der Waals surface area contributed by atoms with Crippen LogP contribution in [0.25, 0.3) is 0 Å². The van der Waals surface area contributed by atoms with Gasteiger partial charge in [0, 0.05) is 18.7 Å². The van der Waals surface area contributed by atoms with Crippen molar-refractivity contribution in [2.75, 3.05) is 13.1 Å². The van der Waals surface area contributed by atoms with E-state index in [1.54, 1.807) is 13.8 Å². The largest absolute Gasteiger partial charge is 0.393 e. The lowest BCUT2D eigenvalue weighted by molar-refractivity contribution is 0.0949. The van der Waals surface area contributed by atoms with Crippen LogP contribution >= 0.6 is 0 Å². The Labute approximate surface area is 125 Å². The minimum Gasteiger partial charge on any atom is -0.393 e. The minimum atomic E-state index is -3.49. The van der Waals surface area contributed by atoms with Crippen molar-refractivity contribution in [2.45, 2.75) is 37.7 Å². The first kappa shape index (κ1) is 17.6. The summed E-state index contributed by atoms with van der Waals surface area (Å²) in [5, 5.41) is 11.8. The van der Waals surface area contributed by atoms with E-state index in [9.17, 15) is 13.2 Å². The summed E-state index contributed by atoms with van der Waals surface area (Å²) >= 11 is 0. The van der Waals surface area contributed by atoms with Crippen molar-refractivity contribution < 1.29 is 18.3 Å². The molecule has 0 saturated heterocycles. The molecule has 1 rings (SSSR count). The molecule has 0 bridgehead atoms. The fourth-order valence-corrected chi connectivity index (χ4v) is 2.80. The summed E-state index contributed by atoms with van der Waals surface area (Å²) < 4.78 is 25.9. The van der Waals surface area contributed by atoms with Gasteiger partial charge in [0.15, 0.2) is 0 Å². The van der Waals surface area contributed by atoms with E-state index in [-0.39, 0.29) is 16.9 Å². The van der Waals surface area contributed by atoms with Gasteiger partial charge in [-0.15, -0.1) is 0 Å². The lowest BCUT2D eigenvalue weighted by Gasteiger charge is -2.08. The zero-order valence-electron chi connectivity index (χ0n) is 12.3. The normalized spacial score (nSPS) is 12.9. The van der Waals surface area contributed by atoms with Gasteiger partial charge in [-0.05, 0) is 44.0 Å². The van der Waals surface area contributed by atoms with Crippen LogP contribution in [0.15, 0.2) is 29.2 Å². The zero-order valence-corrected chi connectivity index (χ0v) is 13.1. The molecule has 1 aromatic carbocycles. The van der Waals surface area contributed by atoms with Crippen molar-refractivity contribution in [2.24, 2.45) is 0 Å². The second-order valence-electron chi connectivity index (χ2n) is 4.77. The Kier molecular flexibility index (Phi) is 6.80. The van der Waals surface area contributed by atoms with Crippen LogP contribution in [0.3, 0.4) is 0 Å². The van der Waals surface area contributed by atoms with Crippen LogP contribution in [-0.4, -0.2) is 38.6 Å². The van der Waals surface area contributed by atoms with E-state index < -0.39 is 10.0 Å². The van der Waals surface area contributed by atoms with Crippen LogP contribution in [0, 0.1) is 0 Å². The number of nitrogens with one attached hydrogen (secondary N) is 2. The standard InChI is InChI=1S/C14H22N2O4S/c1-3-16-21(19,20)13-8-6-12(7-9-13)14(18)15-10-4-5-11(2)17/h6-9,11,16-17H,3-5,10H2,1-2H3,(H,15,18). The monoisotopic (exact) mass is 314 g/mol. The third-order valence-corrected chi connectivity index (χ3v) is 4.41. The zero-order chi connectivity index (χ0) is 15.9. The maximum atomic E-state index is 11.8. The smallest absolute Gasteiger partial charge is 0.251 e. The SMILES string of the molecule is CCNS(=O)(=O)c1ccc(C(=O)NCCCC(C)O)cc1. The Balaban J connectivity index is 2.59. The maximum Gasteiger partial charge on any atom is 0.251 e. The summed E-state index contributed by atoms with van der Waals surface area (Å²) in [6.07, 6.45) is 0.939. The maximum absolute atomic E-state index is 11.8. The number of aliphatic hydroxyl groups excluding tert-OH is 1. The molecule has 21 heavy (non-hydrogen) atoms. The first-order chi connectivity index (χ1) is 9.86. The number of carbonyl (C=O) groups excluding carboxylic acids is 1. The summed E-state index contributed by atoms with van der Waals surface area (Å²) in [7, 11) is -3.49. The van der Waals surface area contributed by atoms with Gasteiger partial charge >= 0.3 is 0 Å². The molecule has 7 heteroatoms. The highest BCUT2D eigenvalue weighted by atomic mass is 32.2. The molecule has 118 valence electrons. The van der Waals surface area contributed by atoms with Gasteiger partial charge in [0.2, 0.25) is 10.0 Å². The molecule has 1 amide bonds. The number of rotatable bonds is 8. The van der Waals surface area contributed by atoms with E-state index in [4.69, 9.17) is 5.11 Å². The van der Waals surface area contributed by atoms with Crippen molar-refractivity contribution in [3.8, 4) is 0 Å². The lowest BCUT2D eigenvalue weighted by atomic mass is 10.2. The number of amides is 1. The van der Waals surface area contributed by atoms with E-state index in [1.807, 2.05) is 0 Å². The molecule has 0 aliphatic rings. The summed E-state index contributed by atoms with van der Waals surface area (Å²) in [6.45, 7) is 4.19. The quantitative estimate of drug-likeness (QED) is 0.621. The Morgan fingerprint density at radius 3 is 2.43 bits per heavy atom. The molecule has 1 unspecified atom stereocenters. The average Bonchev–Trinajstić information content (AvgIpc) is 2.43. The molecular formula is C14H22N2O4S. The highest BCUT2D eigenvalue weighted by molar-refractivity contribution is 7.89. The van der Waals surface area contributed by atoms with Gasteiger partial charge in [0.1, 0.15) is 0 Å². The van der Waals surface area contributed by atoms with Crippen LogP contribution in [0.2, 0.25) is 0 Å². The topological polar surface area (TPSA) is 95.5 Å². The first-order valence-corrected chi connectivity index (χ1v) is 8.41.